The molecule has 4 heteroatoms. The Hall–Kier alpha value is -2.28. The van der Waals surface area contributed by atoms with Gasteiger partial charge in [0, 0.05) is 17.8 Å². The standard InChI is InChI=1S/C14H15N3O/c1-9-3-4-12(7-11(9)8-15)17-13-5-6-14(18)16-10(13)2/h3-4,7,13,17H,2,5-6H2,1H3,(H,16,18). The Balaban J connectivity index is 2.12. The van der Waals surface area contributed by atoms with E-state index in [0.29, 0.717) is 17.7 Å². The van der Waals surface area contributed by atoms with E-state index in [1.54, 1.807) is 0 Å². The minimum Gasteiger partial charge on any atom is -0.377 e. The SMILES string of the molecule is C=C1NC(=O)CCC1Nc1ccc(C)c(C#N)c1. The highest BCUT2D eigenvalue weighted by molar-refractivity contribution is 5.79. The molecule has 1 atom stereocenters. The zero-order valence-corrected chi connectivity index (χ0v) is 10.3. The predicted octanol–water partition coefficient (Wildman–Crippen LogP) is 2.07. The number of nitriles is 1. The molecule has 0 bridgehead atoms. The number of benzene rings is 1. The van der Waals surface area contributed by atoms with Crippen LogP contribution in [0.2, 0.25) is 0 Å². The van der Waals surface area contributed by atoms with Crippen molar-refractivity contribution in [2.45, 2.75) is 25.8 Å². The Bertz CT molecular complexity index is 542. The van der Waals surface area contributed by atoms with Gasteiger partial charge in [-0.25, -0.2) is 0 Å². The highest BCUT2D eigenvalue weighted by Crippen LogP contribution is 2.20. The van der Waals surface area contributed by atoms with E-state index in [0.717, 1.165) is 17.7 Å². The van der Waals surface area contributed by atoms with Crippen LogP contribution in [-0.4, -0.2) is 11.9 Å². The largest absolute Gasteiger partial charge is 0.377 e. The van der Waals surface area contributed by atoms with Crippen LogP contribution in [0.4, 0.5) is 5.69 Å². The maximum Gasteiger partial charge on any atom is 0.224 e. The number of carbonyl (C=O) groups is 1. The van der Waals surface area contributed by atoms with Crippen molar-refractivity contribution < 1.29 is 4.79 Å². The van der Waals surface area contributed by atoms with E-state index in [1.165, 1.54) is 0 Å². The van der Waals surface area contributed by atoms with Crippen molar-refractivity contribution >= 4 is 11.6 Å². The maximum absolute atomic E-state index is 11.2. The van der Waals surface area contributed by atoms with Crippen LogP contribution in [0.25, 0.3) is 0 Å². The van der Waals surface area contributed by atoms with E-state index in [4.69, 9.17) is 5.26 Å². The van der Waals surface area contributed by atoms with Gasteiger partial charge in [-0.05, 0) is 31.0 Å². The van der Waals surface area contributed by atoms with Gasteiger partial charge in [0.15, 0.2) is 0 Å². The van der Waals surface area contributed by atoms with Crippen LogP contribution in [0.15, 0.2) is 30.5 Å². The van der Waals surface area contributed by atoms with E-state index in [1.807, 2.05) is 25.1 Å². The molecule has 1 aliphatic rings. The van der Waals surface area contributed by atoms with Gasteiger partial charge in [0.05, 0.1) is 17.7 Å². The van der Waals surface area contributed by atoms with Gasteiger partial charge in [0.1, 0.15) is 0 Å². The van der Waals surface area contributed by atoms with Crippen LogP contribution in [0.5, 0.6) is 0 Å². The van der Waals surface area contributed by atoms with Crippen molar-refractivity contribution in [2.75, 3.05) is 5.32 Å². The number of amides is 1. The van der Waals surface area contributed by atoms with Crippen molar-refractivity contribution in [3.8, 4) is 6.07 Å². The van der Waals surface area contributed by atoms with Gasteiger partial charge in [0.2, 0.25) is 5.91 Å². The lowest BCUT2D eigenvalue weighted by Gasteiger charge is -2.26. The number of anilines is 1. The van der Waals surface area contributed by atoms with E-state index >= 15 is 0 Å². The number of carbonyl (C=O) groups excluding carboxylic acids is 1. The van der Waals surface area contributed by atoms with Crippen molar-refractivity contribution in [1.82, 2.24) is 5.32 Å². The molecule has 18 heavy (non-hydrogen) atoms. The molecule has 1 aromatic carbocycles. The lowest BCUT2D eigenvalue weighted by Crippen LogP contribution is -2.39. The van der Waals surface area contributed by atoms with Crippen molar-refractivity contribution in [1.29, 1.82) is 5.26 Å². The predicted molar refractivity (Wildman–Crippen MR) is 69.8 cm³/mol. The highest BCUT2D eigenvalue weighted by atomic mass is 16.1. The molecule has 0 saturated carbocycles. The van der Waals surface area contributed by atoms with Crippen LogP contribution in [-0.2, 0) is 4.79 Å². The summed E-state index contributed by atoms with van der Waals surface area (Å²) in [6, 6.07) is 7.84. The Morgan fingerprint density at radius 1 is 1.56 bits per heavy atom. The van der Waals surface area contributed by atoms with Crippen molar-refractivity contribution in [3.05, 3.63) is 41.6 Å². The first kappa shape index (κ1) is 12.2. The Labute approximate surface area is 106 Å². The topological polar surface area (TPSA) is 64.9 Å². The van der Waals surface area contributed by atoms with E-state index < -0.39 is 0 Å². The second kappa shape index (κ2) is 4.92. The van der Waals surface area contributed by atoms with Gasteiger partial charge in [0.25, 0.3) is 0 Å². The molecule has 92 valence electrons. The van der Waals surface area contributed by atoms with E-state index in [9.17, 15) is 4.79 Å². The molecule has 0 aromatic heterocycles. The van der Waals surface area contributed by atoms with Crippen LogP contribution < -0.4 is 10.6 Å². The third-order valence-corrected chi connectivity index (χ3v) is 3.08. The minimum absolute atomic E-state index is 0.0136. The Morgan fingerprint density at radius 3 is 3.00 bits per heavy atom. The first-order chi connectivity index (χ1) is 8.60. The summed E-state index contributed by atoms with van der Waals surface area (Å²) in [7, 11) is 0. The quantitative estimate of drug-likeness (QED) is 0.833. The van der Waals surface area contributed by atoms with Gasteiger partial charge in [-0.1, -0.05) is 12.6 Å². The third-order valence-electron chi connectivity index (χ3n) is 3.08. The number of rotatable bonds is 2. The second-order valence-corrected chi connectivity index (χ2v) is 4.45. The Morgan fingerprint density at radius 2 is 2.33 bits per heavy atom. The first-order valence-corrected chi connectivity index (χ1v) is 5.86. The summed E-state index contributed by atoms with van der Waals surface area (Å²) >= 11 is 0. The molecule has 1 unspecified atom stereocenters. The average Bonchev–Trinajstić information content (AvgIpc) is 2.35. The lowest BCUT2D eigenvalue weighted by atomic mass is 10.0. The smallest absolute Gasteiger partial charge is 0.224 e. The summed E-state index contributed by atoms with van der Waals surface area (Å²) in [6.07, 6.45) is 1.22. The number of nitrogens with one attached hydrogen (secondary N) is 2. The van der Waals surface area contributed by atoms with E-state index in [-0.39, 0.29) is 11.9 Å². The Kier molecular flexibility index (Phi) is 3.33. The number of aryl methyl sites for hydroxylation is 1. The average molecular weight is 241 g/mol. The monoisotopic (exact) mass is 241 g/mol. The summed E-state index contributed by atoms with van der Waals surface area (Å²) in [6.45, 7) is 5.75. The van der Waals surface area contributed by atoms with Crippen LogP contribution in [0, 0.1) is 18.3 Å². The molecule has 1 amide bonds. The lowest BCUT2D eigenvalue weighted by molar-refractivity contribution is -0.121. The zero-order chi connectivity index (χ0) is 13.1. The molecule has 1 saturated heterocycles. The molecule has 0 spiro atoms. The molecule has 0 aliphatic carbocycles. The second-order valence-electron chi connectivity index (χ2n) is 4.45. The maximum atomic E-state index is 11.2. The molecule has 4 nitrogen and oxygen atoms in total. The molecular formula is C14H15N3O. The van der Waals surface area contributed by atoms with Gasteiger partial charge < -0.3 is 10.6 Å². The van der Waals surface area contributed by atoms with Crippen LogP contribution in [0.1, 0.15) is 24.0 Å². The summed E-state index contributed by atoms with van der Waals surface area (Å²) in [5, 5.41) is 15.0. The van der Waals surface area contributed by atoms with Crippen molar-refractivity contribution in [2.24, 2.45) is 0 Å². The van der Waals surface area contributed by atoms with Crippen LogP contribution in [0.3, 0.4) is 0 Å². The fourth-order valence-electron chi connectivity index (χ4n) is 1.97. The minimum atomic E-state index is 0.0136. The highest BCUT2D eigenvalue weighted by Gasteiger charge is 2.21. The summed E-state index contributed by atoms with van der Waals surface area (Å²) in [5.74, 6) is 0.0136. The summed E-state index contributed by atoms with van der Waals surface area (Å²) in [5.41, 5.74) is 3.18. The summed E-state index contributed by atoms with van der Waals surface area (Å²) < 4.78 is 0. The molecule has 1 heterocycles. The number of piperidine rings is 1. The number of nitrogens with zero attached hydrogens (tertiary/aromatic N) is 1. The van der Waals surface area contributed by atoms with Gasteiger partial charge in [-0.2, -0.15) is 5.26 Å². The zero-order valence-electron chi connectivity index (χ0n) is 10.3. The molecule has 1 fully saturated rings. The van der Waals surface area contributed by atoms with Gasteiger partial charge in [-0.3, -0.25) is 4.79 Å². The molecule has 1 aromatic rings. The molecule has 2 rings (SSSR count). The fourth-order valence-corrected chi connectivity index (χ4v) is 1.97. The molecule has 0 radical (unpaired) electrons. The summed E-state index contributed by atoms with van der Waals surface area (Å²) in [4.78, 5) is 11.2. The van der Waals surface area contributed by atoms with Gasteiger partial charge in [-0.15, -0.1) is 0 Å². The number of hydrogen-bond donors (Lipinski definition) is 2. The first-order valence-electron chi connectivity index (χ1n) is 5.86. The van der Waals surface area contributed by atoms with Gasteiger partial charge >= 0.3 is 0 Å². The third kappa shape index (κ3) is 2.51. The molecule has 2 N–H and O–H groups in total. The molecule has 1 aliphatic heterocycles. The van der Waals surface area contributed by atoms with Crippen molar-refractivity contribution in [3.63, 3.8) is 0 Å². The van der Waals surface area contributed by atoms with Crippen LogP contribution >= 0.6 is 0 Å². The normalized spacial score (nSPS) is 19.0. The molecular weight excluding hydrogens is 226 g/mol. The fraction of sp³-hybridized carbons (Fsp3) is 0.286. The number of hydrogen-bond acceptors (Lipinski definition) is 3. The van der Waals surface area contributed by atoms with E-state index in [2.05, 4.69) is 23.3 Å².